The average molecular weight is 280 g/mol. The second-order valence-corrected chi connectivity index (χ2v) is 6.09. The molecule has 4 rings (SSSR count). The topological polar surface area (TPSA) is 86.7 Å². The quantitative estimate of drug-likeness (QED) is 0.533. The van der Waals surface area contributed by atoms with E-state index in [1.165, 1.54) is 14.2 Å². The minimum atomic E-state index is -1.33. The van der Waals surface area contributed by atoms with Crippen LogP contribution in [0.25, 0.3) is 0 Å². The number of rotatable bonds is 2. The number of hydrogen-bond acceptors (Lipinski definition) is 6. The van der Waals surface area contributed by atoms with Crippen molar-refractivity contribution in [2.75, 3.05) is 14.2 Å². The monoisotopic (exact) mass is 280 g/mol. The summed E-state index contributed by atoms with van der Waals surface area (Å²) in [4.78, 5) is 49.2. The minimum Gasteiger partial charge on any atom is -0.468 e. The van der Waals surface area contributed by atoms with Gasteiger partial charge in [-0.05, 0) is 25.7 Å². The van der Waals surface area contributed by atoms with E-state index in [1.54, 1.807) is 0 Å². The molecule has 4 saturated carbocycles. The van der Waals surface area contributed by atoms with Crippen LogP contribution in [0.2, 0.25) is 0 Å². The molecule has 4 fully saturated rings. The lowest BCUT2D eigenvalue weighted by atomic mass is 9.43. The van der Waals surface area contributed by atoms with Gasteiger partial charge in [-0.25, -0.2) is 0 Å². The normalized spacial score (nSPS) is 41.7. The lowest BCUT2D eigenvalue weighted by molar-refractivity contribution is -0.192. The Kier molecular flexibility index (Phi) is 2.59. The number of hydrogen-bond donors (Lipinski definition) is 0. The Morgan fingerprint density at radius 1 is 0.950 bits per heavy atom. The summed E-state index contributed by atoms with van der Waals surface area (Å²) in [5, 5.41) is 0. The fourth-order valence-corrected chi connectivity index (χ4v) is 4.47. The largest absolute Gasteiger partial charge is 0.468 e. The Bertz CT molecular complexity index is 492. The van der Waals surface area contributed by atoms with Gasteiger partial charge in [0.05, 0.1) is 14.2 Å². The summed E-state index contributed by atoms with van der Waals surface area (Å²) in [6, 6.07) is 0. The molecule has 20 heavy (non-hydrogen) atoms. The first-order valence-corrected chi connectivity index (χ1v) is 6.67. The number of methoxy groups -OCH3 is 2. The van der Waals surface area contributed by atoms with Gasteiger partial charge in [-0.15, -0.1) is 0 Å². The molecule has 0 aromatic heterocycles. The van der Waals surface area contributed by atoms with Crippen molar-refractivity contribution in [3.05, 3.63) is 0 Å². The van der Waals surface area contributed by atoms with Gasteiger partial charge >= 0.3 is 11.9 Å². The van der Waals surface area contributed by atoms with Crippen LogP contribution >= 0.6 is 0 Å². The molecule has 4 bridgehead atoms. The summed E-state index contributed by atoms with van der Waals surface area (Å²) in [5.74, 6) is -2.44. The summed E-state index contributed by atoms with van der Waals surface area (Å²) in [6.45, 7) is 0. The second kappa shape index (κ2) is 3.90. The number of ether oxygens (including phenoxy) is 2. The minimum absolute atomic E-state index is 0.0932. The van der Waals surface area contributed by atoms with Crippen LogP contribution in [0, 0.1) is 22.7 Å². The van der Waals surface area contributed by atoms with E-state index >= 15 is 0 Å². The first-order valence-electron chi connectivity index (χ1n) is 6.67. The summed E-state index contributed by atoms with van der Waals surface area (Å²) in [7, 11) is 2.45. The highest BCUT2D eigenvalue weighted by atomic mass is 16.5. The molecule has 0 heterocycles. The molecule has 0 aromatic rings. The predicted octanol–water partition coefficient (Wildman–Crippen LogP) is 0.277. The SMILES string of the molecule is COC(=O)[C@]12C[C@@H]3C[C@@H](C[C@](C(=O)OC)(C1)C3=O)C2=O. The first-order chi connectivity index (χ1) is 9.41. The molecule has 0 saturated heterocycles. The maximum Gasteiger partial charge on any atom is 0.319 e. The van der Waals surface area contributed by atoms with Gasteiger partial charge in [-0.2, -0.15) is 0 Å². The molecule has 6 heteroatoms. The third kappa shape index (κ3) is 1.29. The molecule has 0 N–H and O–H groups in total. The van der Waals surface area contributed by atoms with E-state index in [1.807, 2.05) is 0 Å². The van der Waals surface area contributed by atoms with Gasteiger partial charge in [-0.3, -0.25) is 19.2 Å². The standard InChI is InChI=1S/C14H16O6/c1-19-11(17)13-4-7-3-8(9(13)15)5-14(6-13,10(7)16)12(18)20-2/h7-8H,3-6H2,1-2H3/t7-,8-,13-,14+/m0/s1. The number of carbonyl (C=O) groups is 4. The van der Waals surface area contributed by atoms with Gasteiger partial charge in [0.1, 0.15) is 10.8 Å². The van der Waals surface area contributed by atoms with Crippen molar-refractivity contribution in [3.8, 4) is 0 Å². The van der Waals surface area contributed by atoms with E-state index in [2.05, 4.69) is 0 Å². The van der Waals surface area contributed by atoms with Crippen LogP contribution in [0.15, 0.2) is 0 Å². The van der Waals surface area contributed by atoms with Crippen molar-refractivity contribution in [2.24, 2.45) is 22.7 Å². The molecular weight excluding hydrogens is 264 g/mol. The van der Waals surface area contributed by atoms with Gasteiger partial charge in [0.15, 0.2) is 11.6 Å². The lowest BCUT2D eigenvalue weighted by Crippen LogP contribution is -2.67. The van der Waals surface area contributed by atoms with E-state index < -0.39 is 34.6 Å². The van der Waals surface area contributed by atoms with Crippen molar-refractivity contribution in [3.63, 3.8) is 0 Å². The van der Waals surface area contributed by atoms with E-state index in [4.69, 9.17) is 9.47 Å². The first kappa shape index (κ1) is 13.3. The van der Waals surface area contributed by atoms with Crippen LogP contribution in [0.3, 0.4) is 0 Å². The molecule has 4 aliphatic carbocycles. The highest BCUT2D eigenvalue weighted by Crippen LogP contribution is 2.62. The predicted molar refractivity (Wildman–Crippen MR) is 64.4 cm³/mol. The van der Waals surface area contributed by atoms with Crippen molar-refractivity contribution in [1.29, 1.82) is 0 Å². The summed E-state index contributed by atoms with van der Waals surface area (Å²) in [6.07, 6.45) is 0.693. The molecule has 0 aromatic carbocycles. The van der Waals surface area contributed by atoms with E-state index in [0.29, 0.717) is 6.42 Å². The zero-order chi connectivity index (χ0) is 14.7. The van der Waals surface area contributed by atoms with E-state index in [-0.39, 0.29) is 30.8 Å². The van der Waals surface area contributed by atoms with Crippen LogP contribution in [-0.2, 0) is 28.7 Å². The molecule has 0 aliphatic heterocycles. The second-order valence-electron chi connectivity index (χ2n) is 6.09. The van der Waals surface area contributed by atoms with Gasteiger partial charge in [0.2, 0.25) is 0 Å². The van der Waals surface area contributed by atoms with Gasteiger partial charge in [0.25, 0.3) is 0 Å². The van der Waals surface area contributed by atoms with Crippen molar-refractivity contribution in [1.82, 2.24) is 0 Å². The Balaban J connectivity index is 2.13. The number of Topliss-reactive ketones (excluding diaryl/α,β-unsaturated/α-hetero) is 2. The molecule has 0 radical (unpaired) electrons. The van der Waals surface area contributed by atoms with E-state index in [9.17, 15) is 19.2 Å². The molecule has 0 unspecified atom stereocenters. The van der Waals surface area contributed by atoms with Crippen LogP contribution < -0.4 is 0 Å². The molecular formula is C14H16O6. The van der Waals surface area contributed by atoms with Crippen LogP contribution in [0.4, 0.5) is 0 Å². The molecule has 6 nitrogen and oxygen atoms in total. The number of ketones is 2. The summed E-state index contributed by atoms with van der Waals surface area (Å²) >= 11 is 0. The van der Waals surface area contributed by atoms with Crippen LogP contribution in [0.1, 0.15) is 25.7 Å². The Labute approximate surface area is 115 Å². The van der Waals surface area contributed by atoms with E-state index in [0.717, 1.165) is 0 Å². The highest BCUT2D eigenvalue weighted by molar-refractivity contribution is 6.16. The zero-order valence-electron chi connectivity index (χ0n) is 11.4. The number of carbonyl (C=O) groups excluding carboxylic acids is 4. The fraction of sp³-hybridized carbons (Fsp3) is 0.714. The molecule has 4 atom stereocenters. The van der Waals surface area contributed by atoms with Gasteiger partial charge < -0.3 is 9.47 Å². The third-order valence-corrected chi connectivity index (χ3v) is 5.20. The third-order valence-electron chi connectivity index (χ3n) is 5.20. The zero-order valence-corrected chi connectivity index (χ0v) is 11.4. The van der Waals surface area contributed by atoms with Crippen molar-refractivity contribution >= 4 is 23.5 Å². The molecule has 0 amide bonds. The summed E-state index contributed by atoms with van der Waals surface area (Å²) in [5.41, 5.74) is -2.66. The van der Waals surface area contributed by atoms with Gasteiger partial charge in [-0.1, -0.05) is 0 Å². The molecule has 108 valence electrons. The van der Waals surface area contributed by atoms with Crippen LogP contribution in [-0.4, -0.2) is 37.7 Å². The van der Waals surface area contributed by atoms with Crippen molar-refractivity contribution < 1.29 is 28.7 Å². The number of esters is 2. The lowest BCUT2D eigenvalue weighted by Gasteiger charge is -2.56. The van der Waals surface area contributed by atoms with Gasteiger partial charge in [0, 0.05) is 11.8 Å². The highest BCUT2D eigenvalue weighted by Gasteiger charge is 2.72. The maximum absolute atomic E-state index is 12.5. The Hall–Kier alpha value is -1.72. The Morgan fingerprint density at radius 2 is 1.35 bits per heavy atom. The summed E-state index contributed by atoms with van der Waals surface area (Å²) < 4.78 is 9.55. The molecule has 4 aliphatic rings. The maximum atomic E-state index is 12.5. The Morgan fingerprint density at radius 3 is 1.70 bits per heavy atom. The van der Waals surface area contributed by atoms with Crippen LogP contribution in [0.5, 0.6) is 0 Å². The molecule has 0 spiro atoms. The average Bonchev–Trinajstić information content (AvgIpc) is 2.44. The fourth-order valence-electron chi connectivity index (χ4n) is 4.47. The van der Waals surface area contributed by atoms with Crippen molar-refractivity contribution in [2.45, 2.75) is 25.7 Å². The smallest absolute Gasteiger partial charge is 0.319 e.